The van der Waals surface area contributed by atoms with Crippen molar-refractivity contribution in [3.8, 4) is 5.75 Å². The predicted octanol–water partition coefficient (Wildman–Crippen LogP) is 3.27. The Morgan fingerprint density at radius 3 is 2.71 bits per heavy atom. The predicted molar refractivity (Wildman–Crippen MR) is 147 cm³/mol. The maximum Gasteiger partial charge on any atom is 0.573 e. The van der Waals surface area contributed by atoms with Crippen LogP contribution in [0.5, 0.6) is 5.75 Å². The number of nitrogens with zero attached hydrogens (tertiary/aromatic N) is 6. The fraction of sp³-hybridized carbons (Fsp3) is 0.320. The van der Waals surface area contributed by atoms with Gasteiger partial charge < -0.3 is 26.0 Å². The van der Waals surface area contributed by atoms with Crippen LogP contribution in [0.3, 0.4) is 0 Å². The molecule has 1 fully saturated rings. The van der Waals surface area contributed by atoms with Gasteiger partial charge in [0.15, 0.2) is 11.6 Å². The number of rotatable bonds is 10. The van der Waals surface area contributed by atoms with Crippen LogP contribution in [0.1, 0.15) is 29.3 Å². The molecule has 0 bridgehead atoms. The molecule has 4 N–H and O–H groups in total. The summed E-state index contributed by atoms with van der Waals surface area (Å²) >= 11 is 1.30. The van der Waals surface area contributed by atoms with Crippen molar-refractivity contribution in [3.05, 3.63) is 58.7 Å². The SMILES string of the molecule is CN=CC(=CN)CC(=O)Nc1nnc(C2CCN(c3ccc(NC(=O)Cc4cccc(OC(F)(F)F)c4)nn3)C2)s1. The standard InChI is InChI=1S/C25H26F3N9O3S/c1-30-13-16(12-29)11-22(39)32-24-36-35-23(41-24)17-7-8-37(14-17)20-6-5-19(33-34-20)31-21(38)10-15-3-2-4-18(9-15)40-25(26,27)28/h2-6,9,12-13,17H,7-8,10-11,14,29H2,1H3,(H,31,33,38)(H,32,36,39). The Morgan fingerprint density at radius 1 is 1.17 bits per heavy atom. The van der Waals surface area contributed by atoms with E-state index in [0.717, 1.165) is 23.6 Å². The molecule has 1 unspecified atom stereocenters. The van der Waals surface area contributed by atoms with Crippen molar-refractivity contribution in [3.63, 3.8) is 0 Å². The molecule has 41 heavy (non-hydrogen) atoms. The van der Waals surface area contributed by atoms with Crippen LogP contribution >= 0.6 is 11.3 Å². The molecule has 1 atom stereocenters. The minimum Gasteiger partial charge on any atom is -0.406 e. The second kappa shape index (κ2) is 13.2. The summed E-state index contributed by atoms with van der Waals surface area (Å²) in [6, 6.07) is 8.52. The Labute approximate surface area is 236 Å². The van der Waals surface area contributed by atoms with Gasteiger partial charge in [-0.2, -0.15) is 0 Å². The number of nitrogens with two attached hydrogens (primary N) is 1. The topological polar surface area (TPSA) is 161 Å². The Bertz CT molecular complexity index is 1430. The Hall–Kier alpha value is -4.60. The quantitative estimate of drug-likeness (QED) is 0.302. The van der Waals surface area contributed by atoms with Crippen LogP contribution in [0.15, 0.2) is 53.2 Å². The molecule has 2 aromatic heterocycles. The molecule has 12 nitrogen and oxygen atoms in total. The average molecular weight is 590 g/mol. The van der Waals surface area contributed by atoms with E-state index in [4.69, 9.17) is 5.73 Å². The van der Waals surface area contributed by atoms with Gasteiger partial charge in [-0.15, -0.1) is 33.6 Å². The first-order valence-electron chi connectivity index (χ1n) is 12.3. The highest BCUT2D eigenvalue weighted by atomic mass is 32.1. The molecule has 216 valence electrons. The number of carbonyl (C=O) groups is 2. The zero-order valence-corrected chi connectivity index (χ0v) is 22.6. The number of hydrogen-bond donors (Lipinski definition) is 3. The van der Waals surface area contributed by atoms with Gasteiger partial charge in [-0.3, -0.25) is 14.6 Å². The zero-order valence-electron chi connectivity index (χ0n) is 21.8. The van der Waals surface area contributed by atoms with Crippen molar-refractivity contribution in [2.45, 2.75) is 31.5 Å². The van der Waals surface area contributed by atoms with Crippen molar-refractivity contribution in [1.29, 1.82) is 0 Å². The third-order valence-electron chi connectivity index (χ3n) is 5.84. The number of aromatic nitrogens is 4. The first kappa shape index (κ1) is 29.4. The van der Waals surface area contributed by atoms with Crippen LogP contribution in [-0.4, -0.2) is 64.9 Å². The third kappa shape index (κ3) is 8.69. The highest BCUT2D eigenvalue weighted by molar-refractivity contribution is 7.15. The van der Waals surface area contributed by atoms with Crippen molar-refractivity contribution >= 4 is 46.1 Å². The van der Waals surface area contributed by atoms with Gasteiger partial charge >= 0.3 is 6.36 Å². The van der Waals surface area contributed by atoms with Gasteiger partial charge in [0.25, 0.3) is 0 Å². The van der Waals surface area contributed by atoms with Gasteiger partial charge in [-0.05, 0) is 48.0 Å². The third-order valence-corrected chi connectivity index (χ3v) is 6.84. The lowest BCUT2D eigenvalue weighted by molar-refractivity contribution is -0.274. The Morgan fingerprint density at radius 2 is 2.00 bits per heavy atom. The first-order chi connectivity index (χ1) is 19.6. The lowest BCUT2D eigenvalue weighted by atomic mass is 10.1. The van der Waals surface area contributed by atoms with Crippen LogP contribution in [0.4, 0.5) is 29.9 Å². The number of halogens is 3. The first-order valence-corrected chi connectivity index (χ1v) is 13.1. The number of nitrogens with one attached hydrogen (secondary N) is 2. The number of ether oxygens (including phenoxy) is 1. The highest BCUT2D eigenvalue weighted by Gasteiger charge is 2.31. The lowest BCUT2D eigenvalue weighted by Crippen LogP contribution is -2.21. The smallest absolute Gasteiger partial charge is 0.406 e. The summed E-state index contributed by atoms with van der Waals surface area (Å²) < 4.78 is 41.2. The van der Waals surface area contributed by atoms with E-state index in [1.165, 1.54) is 35.9 Å². The molecule has 3 aromatic rings. The molecule has 0 spiro atoms. The molecule has 1 aromatic carbocycles. The van der Waals surface area contributed by atoms with Gasteiger partial charge in [-0.1, -0.05) is 23.5 Å². The largest absolute Gasteiger partial charge is 0.573 e. The van der Waals surface area contributed by atoms with Crippen molar-refractivity contribution in [2.75, 3.05) is 35.7 Å². The Balaban J connectivity index is 1.27. The van der Waals surface area contributed by atoms with Gasteiger partial charge in [-0.25, -0.2) is 0 Å². The summed E-state index contributed by atoms with van der Waals surface area (Å²) in [6.45, 7) is 1.32. The zero-order chi connectivity index (χ0) is 29.4. The fourth-order valence-electron chi connectivity index (χ4n) is 4.07. The van der Waals surface area contributed by atoms with Gasteiger partial charge in [0.2, 0.25) is 16.9 Å². The highest BCUT2D eigenvalue weighted by Crippen LogP contribution is 2.33. The molecular formula is C25H26F3N9O3S. The van der Waals surface area contributed by atoms with Crippen LogP contribution in [0.2, 0.25) is 0 Å². The van der Waals surface area contributed by atoms with E-state index >= 15 is 0 Å². The van der Waals surface area contributed by atoms with E-state index < -0.39 is 18.0 Å². The normalized spacial score (nSPS) is 15.8. The summed E-state index contributed by atoms with van der Waals surface area (Å²) in [5.41, 5.74) is 6.43. The molecule has 4 rings (SSSR count). The van der Waals surface area contributed by atoms with Crippen molar-refractivity contribution in [2.24, 2.45) is 10.7 Å². The molecule has 0 saturated carbocycles. The number of alkyl halides is 3. The Kier molecular flexibility index (Phi) is 9.44. The molecule has 0 aliphatic carbocycles. The van der Waals surface area contributed by atoms with E-state index in [1.54, 1.807) is 19.2 Å². The maximum absolute atomic E-state index is 12.4. The van der Waals surface area contributed by atoms with E-state index in [1.807, 2.05) is 4.90 Å². The van der Waals surface area contributed by atoms with E-state index in [0.29, 0.717) is 35.2 Å². The number of aliphatic imine (C=N–C) groups is 1. The summed E-state index contributed by atoms with van der Waals surface area (Å²) in [4.78, 5) is 30.5. The maximum atomic E-state index is 12.4. The van der Waals surface area contributed by atoms with E-state index in [2.05, 4.69) is 40.8 Å². The fourth-order valence-corrected chi connectivity index (χ4v) is 4.95. The molecule has 1 aliphatic rings. The van der Waals surface area contributed by atoms with E-state index in [9.17, 15) is 22.8 Å². The van der Waals surface area contributed by atoms with Crippen LogP contribution in [-0.2, 0) is 16.0 Å². The minimum absolute atomic E-state index is 0.0686. The van der Waals surface area contributed by atoms with Gasteiger partial charge in [0.1, 0.15) is 10.8 Å². The van der Waals surface area contributed by atoms with Gasteiger partial charge in [0.05, 0.1) is 12.8 Å². The second-order valence-corrected chi connectivity index (χ2v) is 9.94. The number of carbonyl (C=O) groups excluding carboxylic acids is 2. The molecule has 0 radical (unpaired) electrons. The molecule has 1 aliphatic heterocycles. The monoisotopic (exact) mass is 589 g/mol. The number of benzene rings is 1. The summed E-state index contributed by atoms with van der Waals surface area (Å²) in [7, 11) is 1.59. The second-order valence-electron chi connectivity index (χ2n) is 8.93. The number of anilines is 3. The number of hydrogen-bond acceptors (Lipinski definition) is 11. The van der Waals surface area contributed by atoms with Crippen molar-refractivity contribution in [1.82, 2.24) is 20.4 Å². The average Bonchev–Trinajstić information content (AvgIpc) is 3.58. The van der Waals surface area contributed by atoms with Crippen LogP contribution in [0, 0.1) is 0 Å². The minimum atomic E-state index is -4.82. The lowest BCUT2D eigenvalue weighted by Gasteiger charge is -2.16. The molecule has 1 saturated heterocycles. The molecular weight excluding hydrogens is 563 g/mol. The summed E-state index contributed by atoms with van der Waals surface area (Å²) in [5.74, 6) is -0.238. The summed E-state index contributed by atoms with van der Waals surface area (Å²) in [6.07, 6.45) is -1.28. The van der Waals surface area contributed by atoms with Crippen molar-refractivity contribution < 1.29 is 27.5 Å². The molecule has 2 amide bonds. The van der Waals surface area contributed by atoms with Crippen LogP contribution in [0.25, 0.3) is 0 Å². The molecule has 3 heterocycles. The van der Waals surface area contributed by atoms with E-state index in [-0.39, 0.29) is 30.5 Å². The van der Waals surface area contributed by atoms with Gasteiger partial charge in [0, 0.05) is 32.3 Å². The molecule has 16 heteroatoms. The van der Waals surface area contributed by atoms with Crippen LogP contribution < -0.4 is 26.0 Å². The number of amides is 2. The summed E-state index contributed by atoms with van der Waals surface area (Å²) in [5, 5.41) is 23.1.